The van der Waals surface area contributed by atoms with E-state index in [9.17, 15) is 14.0 Å². The molecule has 1 unspecified atom stereocenters. The first-order valence-corrected chi connectivity index (χ1v) is 8.53. The highest BCUT2D eigenvalue weighted by Gasteiger charge is 2.43. The summed E-state index contributed by atoms with van der Waals surface area (Å²) >= 11 is 9.19. The highest BCUT2D eigenvalue weighted by molar-refractivity contribution is 9.10. The van der Waals surface area contributed by atoms with Crippen LogP contribution in [0.1, 0.15) is 38.2 Å². The molecule has 0 radical (unpaired) electrons. The van der Waals surface area contributed by atoms with Gasteiger partial charge in [0.1, 0.15) is 17.2 Å². The Morgan fingerprint density at radius 1 is 1.46 bits per heavy atom. The summed E-state index contributed by atoms with van der Waals surface area (Å²) in [5, 5.41) is 2.80. The van der Waals surface area contributed by atoms with E-state index in [1.807, 2.05) is 13.8 Å². The van der Waals surface area contributed by atoms with Gasteiger partial charge >= 0.3 is 0 Å². The van der Waals surface area contributed by atoms with Crippen LogP contribution in [0.2, 0.25) is 5.02 Å². The lowest BCUT2D eigenvalue weighted by Gasteiger charge is -2.28. The fraction of sp³-hybridized carbons (Fsp3) is 0.294. The molecule has 1 atom stereocenters. The van der Waals surface area contributed by atoms with Crippen molar-refractivity contribution in [3.8, 4) is 0 Å². The Kier molecular flexibility index (Phi) is 6.75. The highest BCUT2D eigenvalue weighted by atomic mass is 79.9. The lowest BCUT2D eigenvalue weighted by Crippen LogP contribution is -2.46. The van der Waals surface area contributed by atoms with Crippen LogP contribution in [0.3, 0.4) is 0 Å². The largest absolute Gasteiger partial charge is 0.324 e. The zero-order chi connectivity index (χ0) is 18.7. The number of rotatable bonds is 3. The van der Waals surface area contributed by atoms with E-state index in [-0.39, 0.29) is 15.2 Å². The molecule has 130 valence electrons. The van der Waals surface area contributed by atoms with Crippen LogP contribution < -0.4 is 10.9 Å². The van der Waals surface area contributed by atoms with Gasteiger partial charge in [0.15, 0.2) is 0 Å². The second kappa shape index (κ2) is 7.94. The van der Waals surface area contributed by atoms with Gasteiger partial charge in [-0.05, 0) is 41.9 Å². The van der Waals surface area contributed by atoms with Crippen LogP contribution in [0.25, 0.3) is 0 Å². The highest BCUT2D eigenvalue weighted by Crippen LogP contribution is 2.34. The fourth-order valence-electron chi connectivity index (χ4n) is 2.36. The van der Waals surface area contributed by atoms with E-state index >= 15 is 0 Å². The Morgan fingerprint density at radius 3 is 2.54 bits per heavy atom. The van der Waals surface area contributed by atoms with E-state index in [1.165, 1.54) is 35.8 Å². The van der Waals surface area contributed by atoms with E-state index < -0.39 is 23.0 Å². The van der Waals surface area contributed by atoms with E-state index in [2.05, 4.69) is 27.8 Å². The minimum Gasteiger partial charge on any atom is -0.324 e. The normalized spacial score (nSPS) is 20.0. The number of pyridine rings is 1. The van der Waals surface area contributed by atoms with Crippen LogP contribution in [0.4, 0.5) is 4.39 Å². The van der Waals surface area contributed by atoms with Crippen LogP contribution in [-0.2, 0) is 5.66 Å². The summed E-state index contributed by atoms with van der Waals surface area (Å²) in [6.45, 7) is 10.8. The first kappa shape index (κ1) is 20.4. The van der Waals surface area contributed by atoms with Gasteiger partial charge in [0, 0.05) is 5.57 Å². The molecule has 0 fully saturated rings. The molecule has 1 amide bonds. The third-order valence-electron chi connectivity index (χ3n) is 3.48. The van der Waals surface area contributed by atoms with Gasteiger partial charge in [-0.25, -0.2) is 4.39 Å². The Balaban J connectivity index is 0.00000139. The second-order valence-electron chi connectivity index (χ2n) is 4.83. The topological polar surface area (TPSA) is 51.1 Å². The van der Waals surface area contributed by atoms with E-state index in [1.54, 1.807) is 6.92 Å². The molecule has 0 saturated carbocycles. The molecule has 0 aliphatic carbocycles. The van der Waals surface area contributed by atoms with Crippen molar-refractivity contribution in [2.75, 3.05) is 0 Å². The molecular weight excluding hydrogens is 399 g/mol. The summed E-state index contributed by atoms with van der Waals surface area (Å²) in [5.41, 5.74) is -1.37. The van der Waals surface area contributed by atoms with Crippen LogP contribution in [0.15, 0.2) is 51.5 Å². The Labute approximate surface area is 153 Å². The van der Waals surface area contributed by atoms with Crippen molar-refractivity contribution >= 4 is 33.4 Å². The van der Waals surface area contributed by atoms with Crippen LogP contribution >= 0.6 is 27.5 Å². The van der Waals surface area contributed by atoms with Crippen LogP contribution in [0.5, 0.6) is 0 Å². The number of carbonyl (C=O) groups is 1. The van der Waals surface area contributed by atoms with Crippen molar-refractivity contribution in [2.45, 2.75) is 33.4 Å². The third-order valence-corrected chi connectivity index (χ3v) is 4.34. The molecule has 7 heteroatoms. The van der Waals surface area contributed by atoms with Gasteiger partial charge in [0.05, 0.1) is 9.50 Å². The number of hydrogen-bond donors (Lipinski definition) is 1. The Hall–Kier alpha value is -1.66. The molecule has 0 bridgehead atoms. The number of nitrogens with one attached hydrogen (secondary N) is 1. The summed E-state index contributed by atoms with van der Waals surface area (Å²) in [7, 11) is 0. The van der Waals surface area contributed by atoms with Gasteiger partial charge in [-0.3, -0.25) is 14.2 Å². The van der Waals surface area contributed by atoms with Crippen molar-refractivity contribution in [1.82, 2.24) is 9.88 Å². The van der Waals surface area contributed by atoms with Gasteiger partial charge < -0.3 is 5.32 Å². The molecule has 2 heterocycles. The number of hydrogen-bond acceptors (Lipinski definition) is 2. The fourth-order valence-corrected chi connectivity index (χ4v) is 3.18. The summed E-state index contributed by atoms with van der Waals surface area (Å²) in [4.78, 5) is 24.6. The number of halogens is 3. The molecule has 4 nitrogen and oxygen atoms in total. The number of aromatic nitrogens is 1. The van der Waals surface area contributed by atoms with Crippen molar-refractivity contribution in [1.29, 1.82) is 0 Å². The predicted octanol–water partition coefficient (Wildman–Crippen LogP) is 4.69. The standard InChI is InChI=1S/C15H13BrClFN2O2.C2H6/c1-4-8(6-9(18)5-2)15(3)19-13(21)12-11(17)7-10(16)14(22)20(12)15;1-2/h4-7H,1H2,2-3H3,(H,19,21);1-2H3/b8-6+,9-5+;. The molecule has 0 saturated heterocycles. The summed E-state index contributed by atoms with van der Waals surface area (Å²) in [6, 6.07) is 1.37. The van der Waals surface area contributed by atoms with Gasteiger partial charge in [0.2, 0.25) is 0 Å². The number of carbonyl (C=O) groups excluding carboxylic acids is 1. The third kappa shape index (κ3) is 3.39. The molecule has 1 aliphatic rings. The SMILES string of the molecule is C=C/C(=C\C(F)=C/C)C1(C)NC(=O)c2c(Cl)cc(Br)c(=O)n21.CC. The number of amides is 1. The molecule has 24 heavy (non-hydrogen) atoms. The van der Waals surface area contributed by atoms with Gasteiger partial charge in [-0.1, -0.05) is 44.2 Å². The Morgan fingerprint density at radius 2 is 2.04 bits per heavy atom. The Bertz CT molecular complexity index is 799. The molecule has 0 spiro atoms. The molecule has 1 aliphatic heterocycles. The predicted molar refractivity (Wildman–Crippen MR) is 99.0 cm³/mol. The average molecular weight is 418 g/mol. The van der Waals surface area contributed by atoms with Crippen molar-refractivity contribution < 1.29 is 9.18 Å². The van der Waals surface area contributed by atoms with Gasteiger partial charge in [0.25, 0.3) is 11.5 Å². The van der Waals surface area contributed by atoms with Crippen molar-refractivity contribution in [2.24, 2.45) is 0 Å². The molecule has 0 aromatic carbocycles. The molecular formula is C17H19BrClFN2O2. The van der Waals surface area contributed by atoms with Gasteiger partial charge in [-0.2, -0.15) is 0 Å². The summed E-state index contributed by atoms with van der Waals surface area (Å²) in [5.74, 6) is -1.02. The van der Waals surface area contributed by atoms with Crippen molar-refractivity contribution in [3.63, 3.8) is 0 Å². The van der Waals surface area contributed by atoms with Crippen LogP contribution in [-0.4, -0.2) is 10.5 Å². The van der Waals surface area contributed by atoms with E-state index in [0.29, 0.717) is 5.57 Å². The number of nitrogens with zero attached hydrogens (tertiary/aromatic N) is 1. The first-order chi connectivity index (χ1) is 11.3. The minimum atomic E-state index is -1.28. The maximum absolute atomic E-state index is 13.6. The zero-order valence-electron chi connectivity index (χ0n) is 13.9. The van der Waals surface area contributed by atoms with Gasteiger partial charge in [-0.15, -0.1) is 0 Å². The van der Waals surface area contributed by atoms with E-state index in [0.717, 1.165) is 0 Å². The number of allylic oxidation sites excluding steroid dienone is 3. The smallest absolute Gasteiger partial charge is 0.271 e. The first-order valence-electron chi connectivity index (χ1n) is 7.36. The van der Waals surface area contributed by atoms with E-state index in [4.69, 9.17) is 11.6 Å². The maximum Gasteiger partial charge on any atom is 0.271 e. The monoisotopic (exact) mass is 416 g/mol. The van der Waals surface area contributed by atoms with Crippen LogP contribution in [0, 0.1) is 0 Å². The number of fused-ring (bicyclic) bond motifs is 1. The molecule has 1 aromatic heterocycles. The lowest BCUT2D eigenvalue weighted by atomic mass is 10.0. The quantitative estimate of drug-likeness (QED) is 0.725. The maximum atomic E-state index is 13.6. The zero-order valence-corrected chi connectivity index (χ0v) is 16.3. The molecule has 2 rings (SSSR count). The molecule has 1 aromatic rings. The summed E-state index contributed by atoms with van der Waals surface area (Å²) in [6.07, 6.45) is 3.87. The van der Waals surface area contributed by atoms with Crippen molar-refractivity contribution in [3.05, 3.63) is 67.8 Å². The summed E-state index contributed by atoms with van der Waals surface area (Å²) < 4.78 is 15.0. The minimum absolute atomic E-state index is 0.0333. The average Bonchev–Trinajstić information content (AvgIpc) is 2.84. The second-order valence-corrected chi connectivity index (χ2v) is 6.09. The lowest BCUT2D eigenvalue weighted by molar-refractivity contribution is 0.0941. The molecule has 1 N–H and O–H groups in total.